The van der Waals surface area contributed by atoms with Crippen molar-refractivity contribution in [2.75, 3.05) is 13.6 Å². The molecule has 0 saturated heterocycles. The first-order chi connectivity index (χ1) is 9.40. The van der Waals surface area contributed by atoms with Crippen molar-refractivity contribution in [1.29, 1.82) is 0 Å². The summed E-state index contributed by atoms with van der Waals surface area (Å²) in [6.07, 6.45) is 3.20. The molecule has 0 saturated carbocycles. The Morgan fingerprint density at radius 2 is 2.05 bits per heavy atom. The molecule has 1 atom stereocenters. The fourth-order valence-electron chi connectivity index (χ4n) is 1.94. The lowest BCUT2D eigenvalue weighted by atomic mass is 10.0. The number of carbonyl (C=O) groups is 1. The van der Waals surface area contributed by atoms with Gasteiger partial charge in [0.05, 0.1) is 10.7 Å². The van der Waals surface area contributed by atoms with E-state index in [1.807, 2.05) is 14.0 Å². The van der Waals surface area contributed by atoms with E-state index in [4.69, 9.17) is 5.73 Å². The largest absolute Gasteiger partial charge is 0.346 e. The molecule has 0 radical (unpaired) electrons. The van der Waals surface area contributed by atoms with Gasteiger partial charge in [0.25, 0.3) is 0 Å². The Kier molecular flexibility index (Phi) is 13.2. The number of hydrogen-bond acceptors (Lipinski definition) is 4. The lowest BCUT2D eigenvalue weighted by Crippen LogP contribution is -2.34. The number of hydrogen-bond donors (Lipinski definition) is 1. The number of rotatable bonds is 8. The molecule has 1 aromatic heterocycles. The Labute approximate surface area is 150 Å². The van der Waals surface area contributed by atoms with Gasteiger partial charge in [0.2, 0.25) is 5.91 Å². The first-order valence-corrected chi connectivity index (χ1v) is 8.18. The van der Waals surface area contributed by atoms with Crippen molar-refractivity contribution in [2.45, 2.75) is 52.5 Å². The van der Waals surface area contributed by atoms with Gasteiger partial charge in [0.15, 0.2) is 0 Å². The third kappa shape index (κ3) is 8.93. The van der Waals surface area contributed by atoms with E-state index >= 15 is 0 Å². The predicted molar refractivity (Wildman–Crippen MR) is 99.4 cm³/mol. The van der Waals surface area contributed by atoms with Crippen LogP contribution in [0.4, 0.5) is 0 Å². The number of thiazole rings is 1. The van der Waals surface area contributed by atoms with Crippen LogP contribution in [0.5, 0.6) is 0 Å². The first-order valence-electron chi connectivity index (χ1n) is 7.30. The van der Waals surface area contributed by atoms with Crippen molar-refractivity contribution >= 4 is 42.1 Å². The molecule has 0 fully saturated rings. The zero-order valence-corrected chi connectivity index (χ0v) is 16.3. The molecule has 0 aliphatic rings. The topological polar surface area (TPSA) is 59.2 Å². The molecule has 1 rings (SSSR count). The average molecular weight is 370 g/mol. The van der Waals surface area contributed by atoms with Crippen molar-refractivity contribution in [2.24, 2.45) is 11.7 Å². The Bertz CT molecular complexity index is 427. The predicted octanol–water partition coefficient (Wildman–Crippen LogP) is 3.45. The van der Waals surface area contributed by atoms with E-state index < -0.39 is 0 Å². The van der Waals surface area contributed by atoms with Crippen LogP contribution in [-0.2, 0) is 11.2 Å². The van der Waals surface area contributed by atoms with E-state index in [0.29, 0.717) is 12.3 Å². The third-order valence-corrected chi connectivity index (χ3v) is 4.39. The van der Waals surface area contributed by atoms with Crippen LogP contribution in [-0.4, -0.2) is 35.4 Å². The molecule has 0 spiro atoms. The van der Waals surface area contributed by atoms with Crippen LogP contribution >= 0.6 is 36.2 Å². The molecular weight excluding hydrogens is 341 g/mol. The summed E-state index contributed by atoms with van der Waals surface area (Å²) in [7, 11) is 1.86. The summed E-state index contributed by atoms with van der Waals surface area (Å²) in [5.74, 6) is 0.666. The highest BCUT2D eigenvalue weighted by Crippen LogP contribution is 2.11. The molecule has 22 heavy (non-hydrogen) atoms. The molecule has 0 aromatic carbocycles. The maximum atomic E-state index is 12.0. The van der Waals surface area contributed by atoms with Crippen LogP contribution in [0.2, 0.25) is 0 Å². The number of nitrogens with zero attached hydrogens (tertiary/aromatic N) is 2. The summed E-state index contributed by atoms with van der Waals surface area (Å²) >= 11 is 1.66. The fraction of sp³-hybridized carbons (Fsp3) is 0.733. The zero-order chi connectivity index (χ0) is 15.1. The first kappa shape index (κ1) is 23.9. The van der Waals surface area contributed by atoms with Gasteiger partial charge in [0.1, 0.15) is 0 Å². The third-order valence-electron chi connectivity index (χ3n) is 3.57. The number of carbonyl (C=O) groups excluding carboxylic acids is 1. The molecule has 0 bridgehead atoms. The minimum absolute atomic E-state index is 0. The molecule has 2 N–H and O–H groups in total. The van der Waals surface area contributed by atoms with Crippen LogP contribution in [0.1, 0.15) is 43.8 Å². The number of nitrogens with two attached hydrogens (primary N) is 1. The average Bonchev–Trinajstić information content (AvgIpc) is 2.80. The molecule has 1 heterocycles. The van der Waals surface area contributed by atoms with Crippen LogP contribution in [0, 0.1) is 12.8 Å². The summed E-state index contributed by atoms with van der Waals surface area (Å²) in [6, 6.07) is 0.170. The summed E-state index contributed by atoms with van der Waals surface area (Å²) in [4.78, 5) is 18.2. The van der Waals surface area contributed by atoms with E-state index in [1.54, 1.807) is 16.2 Å². The second-order valence-corrected chi connectivity index (χ2v) is 6.79. The normalized spacial score (nSPS) is 11.5. The van der Waals surface area contributed by atoms with Gasteiger partial charge in [0, 0.05) is 31.4 Å². The van der Waals surface area contributed by atoms with Gasteiger partial charge in [-0.1, -0.05) is 13.8 Å². The highest BCUT2D eigenvalue weighted by Gasteiger charge is 2.12. The Morgan fingerprint density at radius 3 is 2.55 bits per heavy atom. The fourth-order valence-corrected chi connectivity index (χ4v) is 2.58. The molecule has 0 aliphatic carbocycles. The smallest absolute Gasteiger partial charge is 0.222 e. The lowest BCUT2D eigenvalue weighted by Gasteiger charge is -2.21. The van der Waals surface area contributed by atoms with Gasteiger partial charge >= 0.3 is 0 Å². The van der Waals surface area contributed by atoms with E-state index in [0.717, 1.165) is 36.5 Å². The zero-order valence-electron chi connectivity index (χ0n) is 13.9. The maximum Gasteiger partial charge on any atom is 0.222 e. The molecule has 0 aliphatic heterocycles. The standard InChI is InChI=1S/C15H27N3OS.2ClH/c1-11(2)14(16)8-9-18(4)15(19)7-5-6-13-10-20-12(3)17-13;;/h10-11,14H,5-9,16H2,1-4H3;2*1H. The second-order valence-electron chi connectivity index (χ2n) is 5.72. The van der Waals surface area contributed by atoms with Gasteiger partial charge < -0.3 is 10.6 Å². The number of amides is 1. The highest BCUT2D eigenvalue weighted by molar-refractivity contribution is 7.09. The van der Waals surface area contributed by atoms with Gasteiger partial charge in [-0.25, -0.2) is 4.98 Å². The molecule has 7 heteroatoms. The van der Waals surface area contributed by atoms with Gasteiger partial charge in [-0.05, 0) is 32.1 Å². The Balaban J connectivity index is 0. The number of halogens is 2. The summed E-state index contributed by atoms with van der Waals surface area (Å²) in [5.41, 5.74) is 7.10. The minimum atomic E-state index is 0. The minimum Gasteiger partial charge on any atom is -0.346 e. The van der Waals surface area contributed by atoms with E-state index in [2.05, 4.69) is 24.2 Å². The molecule has 130 valence electrons. The number of aryl methyl sites for hydroxylation is 2. The quantitative estimate of drug-likeness (QED) is 0.763. The van der Waals surface area contributed by atoms with Crippen molar-refractivity contribution < 1.29 is 4.79 Å². The van der Waals surface area contributed by atoms with Crippen molar-refractivity contribution in [3.05, 3.63) is 16.1 Å². The maximum absolute atomic E-state index is 12.0. The van der Waals surface area contributed by atoms with Crippen LogP contribution in [0.15, 0.2) is 5.38 Å². The summed E-state index contributed by atoms with van der Waals surface area (Å²) < 4.78 is 0. The van der Waals surface area contributed by atoms with Gasteiger partial charge in [-0.3, -0.25) is 4.79 Å². The van der Waals surface area contributed by atoms with Crippen LogP contribution < -0.4 is 5.73 Å². The van der Waals surface area contributed by atoms with Crippen molar-refractivity contribution in [1.82, 2.24) is 9.88 Å². The summed E-state index contributed by atoms with van der Waals surface area (Å²) in [6.45, 7) is 6.98. The molecule has 1 aromatic rings. The monoisotopic (exact) mass is 369 g/mol. The highest BCUT2D eigenvalue weighted by atomic mass is 35.5. The van der Waals surface area contributed by atoms with Gasteiger partial charge in [-0.15, -0.1) is 36.2 Å². The second kappa shape index (κ2) is 12.1. The van der Waals surface area contributed by atoms with Crippen LogP contribution in [0.3, 0.4) is 0 Å². The molecule has 4 nitrogen and oxygen atoms in total. The van der Waals surface area contributed by atoms with Crippen LogP contribution in [0.25, 0.3) is 0 Å². The van der Waals surface area contributed by atoms with E-state index in [1.165, 1.54) is 0 Å². The van der Waals surface area contributed by atoms with Gasteiger partial charge in [-0.2, -0.15) is 0 Å². The molecular formula is C15H29Cl2N3OS. The number of aromatic nitrogens is 1. The molecule has 1 amide bonds. The molecule has 1 unspecified atom stereocenters. The lowest BCUT2D eigenvalue weighted by molar-refractivity contribution is -0.130. The van der Waals surface area contributed by atoms with E-state index in [9.17, 15) is 4.79 Å². The van der Waals surface area contributed by atoms with E-state index in [-0.39, 0.29) is 36.8 Å². The van der Waals surface area contributed by atoms with Crippen molar-refractivity contribution in [3.63, 3.8) is 0 Å². The Hall–Kier alpha value is -0.360. The SMILES string of the molecule is Cc1nc(CCCC(=O)N(C)CCC(N)C(C)C)cs1.Cl.Cl. The summed E-state index contributed by atoms with van der Waals surface area (Å²) in [5, 5.41) is 3.16. The van der Waals surface area contributed by atoms with Crippen molar-refractivity contribution in [3.8, 4) is 0 Å². The Morgan fingerprint density at radius 1 is 1.41 bits per heavy atom.